The van der Waals surface area contributed by atoms with Crippen molar-refractivity contribution in [2.75, 3.05) is 19.0 Å². The summed E-state index contributed by atoms with van der Waals surface area (Å²) >= 11 is 5.76. The highest BCUT2D eigenvalue weighted by atomic mass is 35.5. The lowest BCUT2D eigenvalue weighted by Crippen LogP contribution is -2.16. The van der Waals surface area contributed by atoms with Crippen molar-refractivity contribution < 1.29 is 14.3 Å². The van der Waals surface area contributed by atoms with Gasteiger partial charge in [0.25, 0.3) is 0 Å². The second-order valence-corrected chi connectivity index (χ2v) is 3.26. The minimum absolute atomic E-state index is 0.0467. The van der Waals surface area contributed by atoms with Gasteiger partial charge in [-0.25, -0.2) is 4.79 Å². The number of hydrogen-bond donors (Lipinski definition) is 1. The quantitative estimate of drug-likeness (QED) is 0.646. The van der Waals surface area contributed by atoms with Crippen LogP contribution in [0.4, 0.5) is 11.4 Å². The van der Waals surface area contributed by atoms with E-state index in [1.165, 1.54) is 25.3 Å². The summed E-state index contributed by atoms with van der Waals surface area (Å²) in [6.07, 6.45) is 1.38. The third kappa shape index (κ3) is 3.47. The van der Waals surface area contributed by atoms with Gasteiger partial charge in [-0.05, 0) is 18.2 Å². The zero-order chi connectivity index (χ0) is 12.0. The van der Waals surface area contributed by atoms with Gasteiger partial charge >= 0.3 is 0 Å². The van der Waals surface area contributed by atoms with Crippen LogP contribution in [0.25, 0.3) is 0 Å². The van der Waals surface area contributed by atoms with Crippen LogP contribution in [0, 0.1) is 0 Å². The molecule has 84 valence electrons. The van der Waals surface area contributed by atoms with Crippen LogP contribution in [-0.4, -0.2) is 25.7 Å². The van der Waals surface area contributed by atoms with Crippen molar-refractivity contribution in [2.24, 2.45) is 4.99 Å². The average Bonchev–Trinajstić information content (AvgIpc) is 2.24. The van der Waals surface area contributed by atoms with Crippen LogP contribution in [0.3, 0.4) is 0 Å². The van der Waals surface area contributed by atoms with Crippen molar-refractivity contribution >= 4 is 35.0 Å². The fourth-order valence-corrected chi connectivity index (χ4v) is 1.21. The Morgan fingerprint density at radius 1 is 1.62 bits per heavy atom. The predicted octanol–water partition coefficient (Wildman–Crippen LogP) is 1.89. The molecular formula is C10H9ClN2O3. The number of carbonyl (C=O) groups is 1. The first-order valence-electron chi connectivity index (χ1n) is 4.33. The van der Waals surface area contributed by atoms with Crippen LogP contribution in [0.1, 0.15) is 0 Å². The van der Waals surface area contributed by atoms with Crippen LogP contribution in [-0.2, 0) is 14.3 Å². The molecule has 6 heteroatoms. The van der Waals surface area contributed by atoms with Crippen LogP contribution in [0.2, 0.25) is 5.02 Å². The summed E-state index contributed by atoms with van der Waals surface area (Å²) in [7, 11) is 1.42. The van der Waals surface area contributed by atoms with Gasteiger partial charge in [-0.2, -0.15) is 4.99 Å². The van der Waals surface area contributed by atoms with Crippen molar-refractivity contribution in [2.45, 2.75) is 0 Å². The first-order valence-corrected chi connectivity index (χ1v) is 4.71. The Morgan fingerprint density at radius 2 is 2.38 bits per heavy atom. The fraction of sp³-hybridized carbons (Fsp3) is 0.200. The molecule has 0 heterocycles. The Labute approximate surface area is 97.1 Å². The van der Waals surface area contributed by atoms with Crippen molar-refractivity contribution in [1.29, 1.82) is 0 Å². The van der Waals surface area contributed by atoms with E-state index >= 15 is 0 Å². The van der Waals surface area contributed by atoms with E-state index in [1.807, 2.05) is 0 Å². The number of rotatable bonds is 4. The highest BCUT2D eigenvalue weighted by Crippen LogP contribution is 2.27. The van der Waals surface area contributed by atoms with Crippen LogP contribution in [0.15, 0.2) is 23.2 Å². The summed E-state index contributed by atoms with van der Waals surface area (Å²) in [6.45, 7) is -0.0467. The van der Waals surface area contributed by atoms with Gasteiger partial charge in [-0.1, -0.05) is 11.6 Å². The van der Waals surface area contributed by atoms with Crippen molar-refractivity contribution in [1.82, 2.24) is 0 Å². The number of isocyanates is 1. The number of nitrogens with one attached hydrogen (secondary N) is 1. The number of anilines is 1. The zero-order valence-corrected chi connectivity index (χ0v) is 9.25. The molecule has 1 aromatic carbocycles. The topological polar surface area (TPSA) is 67.8 Å². The van der Waals surface area contributed by atoms with Gasteiger partial charge in [-0.3, -0.25) is 4.79 Å². The van der Waals surface area contributed by atoms with Gasteiger partial charge < -0.3 is 10.1 Å². The first kappa shape index (κ1) is 12.4. The van der Waals surface area contributed by atoms with E-state index in [0.717, 1.165) is 0 Å². The second-order valence-electron chi connectivity index (χ2n) is 2.85. The van der Waals surface area contributed by atoms with E-state index in [-0.39, 0.29) is 18.2 Å². The van der Waals surface area contributed by atoms with Gasteiger partial charge in [0.1, 0.15) is 6.61 Å². The van der Waals surface area contributed by atoms with Gasteiger partial charge in [-0.15, -0.1) is 0 Å². The van der Waals surface area contributed by atoms with Crippen LogP contribution >= 0.6 is 11.6 Å². The number of aliphatic imine (C=N–C) groups is 1. The van der Waals surface area contributed by atoms with Crippen LogP contribution in [0.5, 0.6) is 0 Å². The Kier molecular flexibility index (Phi) is 4.66. The molecule has 0 bridgehead atoms. The average molecular weight is 241 g/mol. The number of benzene rings is 1. The maximum atomic E-state index is 11.2. The van der Waals surface area contributed by atoms with Crippen molar-refractivity contribution in [3.8, 4) is 0 Å². The Morgan fingerprint density at radius 3 is 3.00 bits per heavy atom. The van der Waals surface area contributed by atoms with E-state index in [4.69, 9.17) is 11.6 Å². The molecule has 0 saturated carbocycles. The molecule has 0 aliphatic carbocycles. The molecule has 16 heavy (non-hydrogen) atoms. The number of ether oxygens (including phenoxy) is 1. The summed E-state index contributed by atoms with van der Waals surface area (Å²) in [5.41, 5.74) is 0.743. The van der Waals surface area contributed by atoms with Crippen molar-refractivity contribution in [3.63, 3.8) is 0 Å². The van der Waals surface area contributed by atoms with Gasteiger partial charge in [0.15, 0.2) is 0 Å². The number of nitrogens with zero attached hydrogens (tertiary/aromatic N) is 1. The smallest absolute Gasteiger partial charge is 0.250 e. The third-order valence-electron chi connectivity index (χ3n) is 1.67. The van der Waals surface area contributed by atoms with Gasteiger partial charge in [0.2, 0.25) is 12.0 Å². The third-order valence-corrected chi connectivity index (χ3v) is 1.99. The molecule has 0 aliphatic heterocycles. The molecule has 0 aromatic heterocycles. The molecule has 1 N–H and O–H groups in total. The molecule has 0 spiro atoms. The molecule has 0 atom stereocenters. The fourth-order valence-electron chi connectivity index (χ4n) is 1.05. The number of amides is 1. The summed E-state index contributed by atoms with van der Waals surface area (Å²) in [5.74, 6) is -0.300. The number of carbonyl (C=O) groups excluding carboxylic acids is 2. The molecule has 5 nitrogen and oxygen atoms in total. The SMILES string of the molecule is COCC(=O)Nc1ccc(Cl)c(N=C=O)c1. The van der Waals surface area contributed by atoms with E-state index in [2.05, 4.69) is 15.0 Å². The monoisotopic (exact) mass is 240 g/mol. The number of hydrogen-bond acceptors (Lipinski definition) is 4. The molecule has 0 radical (unpaired) electrons. The zero-order valence-electron chi connectivity index (χ0n) is 8.49. The molecule has 1 aromatic rings. The number of halogens is 1. The second kappa shape index (κ2) is 6.02. The molecule has 0 fully saturated rings. The Hall–Kier alpha value is -1.68. The lowest BCUT2D eigenvalue weighted by molar-refractivity contribution is -0.119. The molecule has 1 amide bonds. The van der Waals surface area contributed by atoms with E-state index in [9.17, 15) is 9.59 Å². The molecule has 0 unspecified atom stereocenters. The largest absolute Gasteiger partial charge is 0.375 e. The molecule has 0 aliphatic rings. The minimum atomic E-state index is -0.300. The van der Waals surface area contributed by atoms with Gasteiger partial charge in [0, 0.05) is 12.8 Å². The first-order chi connectivity index (χ1) is 7.67. The predicted molar refractivity (Wildman–Crippen MR) is 59.7 cm³/mol. The normalized spacial score (nSPS) is 9.38. The highest BCUT2D eigenvalue weighted by molar-refractivity contribution is 6.33. The lowest BCUT2D eigenvalue weighted by atomic mass is 10.3. The van der Waals surface area contributed by atoms with E-state index < -0.39 is 0 Å². The van der Waals surface area contributed by atoms with Crippen LogP contribution < -0.4 is 5.32 Å². The summed E-state index contributed by atoms with van der Waals surface area (Å²) in [6, 6.07) is 4.60. The minimum Gasteiger partial charge on any atom is -0.375 e. The standard InChI is InChI=1S/C10H9ClN2O3/c1-16-5-10(15)13-7-2-3-8(11)9(4-7)12-6-14/h2-4H,5H2,1H3,(H,13,15). The molecular weight excluding hydrogens is 232 g/mol. The Balaban J connectivity index is 2.86. The maximum absolute atomic E-state index is 11.2. The number of methoxy groups -OCH3 is 1. The maximum Gasteiger partial charge on any atom is 0.250 e. The van der Waals surface area contributed by atoms with E-state index in [0.29, 0.717) is 10.7 Å². The highest BCUT2D eigenvalue weighted by Gasteiger charge is 2.04. The lowest BCUT2D eigenvalue weighted by Gasteiger charge is -2.05. The summed E-state index contributed by atoms with van der Waals surface area (Å²) in [4.78, 5) is 24.7. The summed E-state index contributed by atoms with van der Waals surface area (Å²) < 4.78 is 4.65. The van der Waals surface area contributed by atoms with Gasteiger partial charge in [0.05, 0.1) is 10.7 Å². The molecule has 1 rings (SSSR count). The summed E-state index contributed by atoms with van der Waals surface area (Å²) in [5, 5.41) is 2.87. The Bertz CT molecular complexity index is 442. The van der Waals surface area contributed by atoms with E-state index in [1.54, 1.807) is 6.07 Å². The van der Waals surface area contributed by atoms with Crippen molar-refractivity contribution in [3.05, 3.63) is 23.2 Å². The molecule has 0 saturated heterocycles.